The number of aliphatic hydroxyl groups excluding tert-OH is 1. The van der Waals surface area contributed by atoms with Gasteiger partial charge in [-0.15, -0.1) is 0 Å². The van der Waals surface area contributed by atoms with Gasteiger partial charge in [0.1, 0.15) is 0 Å². The summed E-state index contributed by atoms with van der Waals surface area (Å²) in [6.07, 6.45) is 4.79. The molecule has 0 saturated heterocycles. The molecule has 0 spiro atoms. The Balaban J connectivity index is 1.82. The van der Waals surface area contributed by atoms with Gasteiger partial charge in [-0.2, -0.15) is 0 Å². The van der Waals surface area contributed by atoms with Crippen LogP contribution in [0.15, 0.2) is 60.7 Å². The third kappa shape index (κ3) is 5.05. The fourth-order valence-corrected chi connectivity index (χ4v) is 2.41. The van der Waals surface area contributed by atoms with E-state index in [0.29, 0.717) is 12.0 Å². The molecule has 0 fully saturated rings. The molecule has 2 aromatic carbocycles. The average Bonchev–Trinajstić information content (AvgIpc) is 2.65. The van der Waals surface area contributed by atoms with Crippen LogP contribution in [0.4, 0.5) is 0 Å². The molecule has 4 heteroatoms. The van der Waals surface area contributed by atoms with Crippen LogP contribution < -0.4 is 5.73 Å². The van der Waals surface area contributed by atoms with Gasteiger partial charge < -0.3 is 15.6 Å². The fraction of sp³-hybridized carbons (Fsp3) is 0.250. The van der Waals surface area contributed by atoms with Crippen LogP contribution in [0.3, 0.4) is 0 Å². The topological polar surface area (TPSA) is 72.5 Å². The molecule has 0 aliphatic carbocycles. The van der Waals surface area contributed by atoms with Crippen LogP contribution in [-0.4, -0.2) is 24.2 Å². The van der Waals surface area contributed by atoms with E-state index in [4.69, 9.17) is 5.73 Å². The number of ether oxygens (including phenoxy) is 1. The smallest absolute Gasteiger partial charge is 0.337 e. The van der Waals surface area contributed by atoms with E-state index in [2.05, 4.69) is 4.74 Å². The van der Waals surface area contributed by atoms with Gasteiger partial charge in [0.05, 0.1) is 18.8 Å². The number of hydrogen-bond acceptors (Lipinski definition) is 4. The first-order chi connectivity index (χ1) is 11.6. The zero-order valence-corrected chi connectivity index (χ0v) is 13.8. The molecule has 24 heavy (non-hydrogen) atoms. The summed E-state index contributed by atoms with van der Waals surface area (Å²) in [5.74, 6) is -0.341. The summed E-state index contributed by atoms with van der Waals surface area (Å²) in [7, 11) is 1.36. The predicted molar refractivity (Wildman–Crippen MR) is 95.4 cm³/mol. The van der Waals surface area contributed by atoms with Crippen molar-refractivity contribution in [2.24, 2.45) is 5.73 Å². The molecule has 3 N–H and O–H groups in total. The molecule has 2 rings (SSSR count). The van der Waals surface area contributed by atoms with Crippen LogP contribution in [0.5, 0.6) is 0 Å². The SMILES string of the molecule is COC(=O)c1ccc(/C=C/CCC(N)[C@H](O)c2ccccc2)cc1. The molecule has 126 valence electrons. The number of esters is 1. The molecule has 0 amide bonds. The number of nitrogens with two attached hydrogens (primary N) is 1. The number of carbonyl (C=O) groups excluding carboxylic acids is 1. The van der Waals surface area contributed by atoms with E-state index in [1.807, 2.05) is 54.6 Å². The van der Waals surface area contributed by atoms with Crippen molar-refractivity contribution < 1.29 is 14.6 Å². The van der Waals surface area contributed by atoms with Crippen molar-refractivity contribution in [3.63, 3.8) is 0 Å². The van der Waals surface area contributed by atoms with Crippen LogP contribution in [-0.2, 0) is 4.74 Å². The van der Waals surface area contributed by atoms with Gasteiger partial charge in [-0.1, -0.05) is 54.6 Å². The normalized spacial score (nSPS) is 13.6. The second-order valence-electron chi connectivity index (χ2n) is 5.61. The Morgan fingerprint density at radius 1 is 1.17 bits per heavy atom. The molecule has 0 radical (unpaired) electrons. The van der Waals surface area contributed by atoms with Crippen LogP contribution in [0.2, 0.25) is 0 Å². The van der Waals surface area contributed by atoms with E-state index in [1.54, 1.807) is 12.1 Å². The fourth-order valence-electron chi connectivity index (χ4n) is 2.41. The largest absolute Gasteiger partial charge is 0.465 e. The van der Waals surface area contributed by atoms with Crippen molar-refractivity contribution in [3.05, 3.63) is 77.4 Å². The lowest BCUT2D eigenvalue weighted by Crippen LogP contribution is -2.28. The summed E-state index contributed by atoms with van der Waals surface area (Å²) in [6.45, 7) is 0. The van der Waals surface area contributed by atoms with Gasteiger partial charge in [0, 0.05) is 6.04 Å². The first-order valence-corrected chi connectivity index (χ1v) is 7.95. The zero-order valence-electron chi connectivity index (χ0n) is 13.8. The molecular weight excluding hydrogens is 302 g/mol. The van der Waals surface area contributed by atoms with Gasteiger partial charge in [0.15, 0.2) is 0 Å². The van der Waals surface area contributed by atoms with E-state index in [-0.39, 0.29) is 12.0 Å². The molecule has 0 heterocycles. The summed E-state index contributed by atoms with van der Waals surface area (Å²) in [5.41, 5.74) is 8.43. The highest BCUT2D eigenvalue weighted by Gasteiger charge is 2.15. The minimum absolute atomic E-state index is 0.307. The van der Waals surface area contributed by atoms with Crippen molar-refractivity contribution in [1.29, 1.82) is 0 Å². The second kappa shape index (κ2) is 9.01. The third-order valence-electron chi connectivity index (χ3n) is 3.86. The molecule has 2 atom stereocenters. The number of hydrogen-bond donors (Lipinski definition) is 2. The molecule has 0 saturated carbocycles. The van der Waals surface area contributed by atoms with Crippen LogP contribution in [0, 0.1) is 0 Å². The average molecular weight is 325 g/mol. The summed E-state index contributed by atoms with van der Waals surface area (Å²) >= 11 is 0. The monoisotopic (exact) mass is 325 g/mol. The van der Waals surface area contributed by atoms with Gasteiger partial charge in [0.2, 0.25) is 0 Å². The number of benzene rings is 2. The summed E-state index contributed by atoms with van der Waals surface area (Å²) < 4.78 is 4.67. The Hall–Kier alpha value is -2.43. The van der Waals surface area contributed by atoms with Crippen molar-refractivity contribution in [2.75, 3.05) is 7.11 Å². The maximum atomic E-state index is 11.4. The Labute approximate surface area is 142 Å². The number of methoxy groups -OCH3 is 1. The third-order valence-corrected chi connectivity index (χ3v) is 3.86. The first-order valence-electron chi connectivity index (χ1n) is 7.95. The number of aliphatic hydroxyl groups is 1. The number of allylic oxidation sites excluding steroid dienone is 1. The Morgan fingerprint density at radius 3 is 2.46 bits per heavy atom. The van der Waals surface area contributed by atoms with Gasteiger partial charge in [-0.25, -0.2) is 4.79 Å². The molecule has 4 nitrogen and oxygen atoms in total. The van der Waals surface area contributed by atoms with E-state index in [0.717, 1.165) is 17.5 Å². The van der Waals surface area contributed by atoms with Crippen LogP contribution >= 0.6 is 0 Å². The predicted octanol–water partition coefficient (Wildman–Crippen LogP) is 3.33. The van der Waals surface area contributed by atoms with Gasteiger partial charge in [-0.3, -0.25) is 0 Å². The lowest BCUT2D eigenvalue weighted by molar-refractivity contribution is 0.0600. The quantitative estimate of drug-likeness (QED) is 0.766. The number of rotatable bonds is 7. The highest BCUT2D eigenvalue weighted by Crippen LogP contribution is 2.18. The lowest BCUT2D eigenvalue weighted by Gasteiger charge is -2.18. The van der Waals surface area contributed by atoms with Crippen LogP contribution in [0.25, 0.3) is 6.08 Å². The van der Waals surface area contributed by atoms with Gasteiger partial charge >= 0.3 is 5.97 Å². The Morgan fingerprint density at radius 2 is 1.83 bits per heavy atom. The molecule has 1 unspecified atom stereocenters. The van der Waals surface area contributed by atoms with Crippen molar-refractivity contribution in [3.8, 4) is 0 Å². The summed E-state index contributed by atoms with van der Waals surface area (Å²) in [4.78, 5) is 11.4. The van der Waals surface area contributed by atoms with Crippen LogP contribution in [0.1, 0.15) is 40.4 Å². The molecule has 2 aromatic rings. The summed E-state index contributed by atoms with van der Waals surface area (Å²) in [6, 6.07) is 16.3. The molecular formula is C20H23NO3. The second-order valence-corrected chi connectivity index (χ2v) is 5.61. The molecule has 0 aliphatic rings. The first kappa shape index (κ1) is 17.9. The van der Waals surface area contributed by atoms with E-state index < -0.39 is 6.10 Å². The van der Waals surface area contributed by atoms with Crippen molar-refractivity contribution in [1.82, 2.24) is 0 Å². The standard InChI is InChI=1S/C20H23NO3/c1-24-20(23)17-13-11-15(12-14-17)7-5-6-10-18(21)19(22)16-8-3-2-4-9-16/h2-5,7-9,11-14,18-19,22H,6,10,21H2,1H3/b7-5+/t18?,19-/m1/s1. The summed E-state index contributed by atoms with van der Waals surface area (Å²) in [5, 5.41) is 10.2. The highest BCUT2D eigenvalue weighted by molar-refractivity contribution is 5.89. The minimum Gasteiger partial charge on any atom is -0.465 e. The maximum Gasteiger partial charge on any atom is 0.337 e. The zero-order chi connectivity index (χ0) is 17.4. The maximum absolute atomic E-state index is 11.4. The highest BCUT2D eigenvalue weighted by atomic mass is 16.5. The molecule has 0 bridgehead atoms. The minimum atomic E-state index is -0.654. The van der Waals surface area contributed by atoms with Crippen molar-refractivity contribution in [2.45, 2.75) is 25.0 Å². The van der Waals surface area contributed by atoms with Gasteiger partial charge in [0.25, 0.3) is 0 Å². The molecule has 0 aromatic heterocycles. The lowest BCUT2D eigenvalue weighted by atomic mass is 9.99. The van der Waals surface area contributed by atoms with Gasteiger partial charge in [-0.05, 0) is 36.1 Å². The molecule has 0 aliphatic heterocycles. The van der Waals surface area contributed by atoms with E-state index in [9.17, 15) is 9.90 Å². The Bertz CT molecular complexity index is 665. The van der Waals surface area contributed by atoms with Crippen molar-refractivity contribution >= 4 is 12.0 Å². The van der Waals surface area contributed by atoms with E-state index >= 15 is 0 Å². The number of carbonyl (C=O) groups is 1. The van der Waals surface area contributed by atoms with E-state index in [1.165, 1.54) is 7.11 Å². The Kier molecular flexibility index (Phi) is 6.73.